The number of ketones is 1. The van der Waals surface area contributed by atoms with Crippen molar-refractivity contribution < 1.29 is 20.1 Å². The molecule has 0 heterocycles. The van der Waals surface area contributed by atoms with Crippen LogP contribution in [0, 0.1) is 34.0 Å². The van der Waals surface area contributed by atoms with Crippen molar-refractivity contribution in [2.45, 2.75) is 64.6 Å². The Kier molecular flexibility index (Phi) is 3.44. The molecule has 2 bridgehead atoms. The molecule has 8 unspecified atom stereocenters. The molecule has 0 amide bonds. The Balaban J connectivity index is 1.85. The van der Waals surface area contributed by atoms with Crippen LogP contribution in [0.3, 0.4) is 0 Å². The Morgan fingerprint density at radius 2 is 1.79 bits per heavy atom. The lowest BCUT2D eigenvalue weighted by atomic mass is 9.39. The van der Waals surface area contributed by atoms with Gasteiger partial charge in [0, 0.05) is 17.9 Å². The normalized spacial score (nSPS) is 56.8. The summed E-state index contributed by atoms with van der Waals surface area (Å²) in [5, 5.41) is 32.0. The summed E-state index contributed by atoms with van der Waals surface area (Å²) >= 11 is 0. The highest BCUT2D eigenvalue weighted by molar-refractivity contribution is 6.04. The van der Waals surface area contributed by atoms with Gasteiger partial charge < -0.3 is 15.3 Å². The highest BCUT2D eigenvalue weighted by atomic mass is 16.3. The van der Waals surface area contributed by atoms with Gasteiger partial charge in [0.2, 0.25) is 0 Å². The summed E-state index contributed by atoms with van der Waals surface area (Å²) in [5.41, 5.74) is -0.793. The predicted octanol–water partition coefficient (Wildman–Crippen LogP) is 2.07. The molecule has 0 aromatic carbocycles. The number of hydrogen-bond donors (Lipinski definition) is 3. The van der Waals surface area contributed by atoms with Crippen LogP contribution >= 0.6 is 0 Å². The van der Waals surface area contributed by atoms with Crippen molar-refractivity contribution in [2.24, 2.45) is 34.0 Å². The second-order valence-corrected chi connectivity index (χ2v) is 9.40. The second-order valence-electron chi connectivity index (χ2n) is 9.40. The van der Waals surface area contributed by atoms with Gasteiger partial charge in [-0.2, -0.15) is 0 Å². The van der Waals surface area contributed by atoms with Gasteiger partial charge in [-0.05, 0) is 61.3 Å². The fourth-order valence-corrected chi connectivity index (χ4v) is 7.39. The lowest BCUT2D eigenvalue weighted by Crippen LogP contribution is -2.66. The Labute approximate surface area is 144 Å². The number of rotatable bonds is 1. The van der Waals surface area contributed by atoms with E-state index in [4.69, 9.17) is 0 Å². The molecule has 134 valence electrons. The molecule has 0 radical (unpaired) electrons. The monoisotopic (exact) mass is 334 g/mol. The van der Waals surface area contributed by atoms with Crippen LogP contribution in [0.5, 0.6) is 0 Å². The quantitative estimate of drug-likeness (QED) is 0.642. The van der Waals surface area contributed by atoms with Crippen molar-refractivity contribution in [1.82, 2.24) is 0 Å². The van der Waals surface area contributed by atoms with Crippen LogP contribution in [0.4, 0.5) is 0 Å². The van der Waals surface area contributed by atoms with Crippen LogP contribution < -0.4 is 0 Å². The zero-order valence-corrected chi connectivity index (χ0v) is 14.8. The lowest BCUT2D eigenvalue weighted by Gasteiger charge is -2.65. The fraction of sp³-hybridized carbons (Fsp3) is 0.850. The number of fused-ring (bicyclic) bond motifs is 3. The molecule has 4 aliphatic carbocycles. The molecule has 8 atom stereocenters. The first kappa shape index (κ1) is 16.7. The highest BCUT2D eigenvalue weighted by Gasteiger charge is 2.72. The van der Waals surface area contributed by atoms with E-state index in [9.17, 15) is 20.1 Å². The Morgan fingerprint density at radius 1 is 1.08 bits per heavy atom. The molecule has 0 aromatic heterocycles. The van der Waals surface area contributed by atoms with Crippen LogP contribution in [0.1, 0.15) is 52.4 Å². The van der Waals surface area contributed by atoms with E-state index in [2.05, 4.69) is 20.4 Å². The third-order valence-corrected chi connectivity index (χ3v) is 8.72. The molecule has 0 saturated heterocycles. The fourth-order valence-electron chi connectivity index (χ4n) is 7.39. The summed E-state index contributed by atoms with van der Waals surface area (Å²) in [6, 6.07) is 0. The number of aliphatic hydroxyl groups excluding tert-OH is 3. The Bertz CT molecular complexity index is 600. The standard InChI is InChI=1S/C20H30O4/c1-11-12-4-5-14-19(3)13(18(2,10-21)8-7-15(19)22)6-9-20(14,16(11)23)17(12)24/h12-15,17,21-22,24H,1,4-10H2,2-3H3. The number of Topliss-reactive ketones (excluding diaryl/α,β-unsaturated/α-hetero) is 1. The summed E-state index contributed by atoms with van der Waals surface area (Å²) in [5.74, 6) is 0.104. The van der Waals surface area contributed by atoms with Crippen LogP contribution in [-0.4, -0.2) is 39.9 Å². The van der Waals surface area contributed by atoms with E-state index >= 15 is 0 Å². The van der Waals surface area contributed by atoms with Crippen molar-refractivity contribution in [1.29, 1.82) is 0 Å². The summed E-state index contributed by atoms with van der Waals surface area (Å²) in [6.07, 6.45) is 3.43. The Hall–Kier alpha value is -0.710. The van der Waals surface area contributed by atoms with Crippen LogP contribution in [0.15, 0.2) is 12.2 Å². The molecule has 0 aromatic rings. The van der Waals surface area contributed by atoms with E-state index in [-0.39, 0.29) is 35.6 Å². The third kappa shape index (κ3) is 1.63. The first-order valence-corrected chi connectivity index (χ1v) is 9.44. The number of carbonyl (C=O) groups is 1. The maximum absolute atomic E-state index is 13.1. The maximum Gasteiger partial charge on any atom is 0.167 e. The number of carbonyl (C=O) groups excluding carboxylic acids is 1. The molecule has 4 aliphatic rings. The topological polar surface area (TPSA) is 77.8 Å². The van der Waals surface area contributed by atoms with Crippen molar-refractivity contribution in [3.05, 3.63) is 12.2 Å². The zero-order valence-electron chi connectivity index (χ0n) is 14.8. The smallest absolute Gasteiger partial charge is 0.167 e. The maximum atomic E-state index is 13.1. The van der Waals surface area contributed by atoms with Gasteiger partial charge in [0.1, 0.15) is 0 Å². The molecule has 4 heteroatoms. The van der Waals surface area contributed by atoms with E-state index in [1.165, 1.54) is 0 Å². The lowest BCUT2D eigenvalue weighted by molar-refractivity contribution is -0.226. The van der Waals surface area contributed by atoms with Gasteiger partial charge in [-0.25, -0.2) is 0 Å². The van der Waals surface area contributed by atoms with E-state index in [0.29, 0.717) is 18.4 Å². The van der Waals surface area contributed by atoms with Gasteiger partial charge in [0.25, 0.3) is 0 Å². The van der Waals surface area contributed by atoms with Gasteiger partial charge in [-0.15, -0.1) is 0 Å². The predicted molar refractivity (Wildman–Crippen MR) is 90.1 cm³/mol. The largest absolute Gasteiger partial charge is 0.396 e. The minimum atomic E-state index is -0.750. The SMILES string of the molecule is C=C1C(=O)C23CCC4C(C)(CO)CCC(O)C4(C)C2CCC1C3O. The minimum absolute atomic E-state index is 0.0251. The van der Waals surface area contributed by atoms with Crippen molar-refractivity contribution >= 4 is 5.78 Å². The Morgan fingerprint density at radius 3 is 2.46 bits per heavy atom. The van der Waals surface area contributed by atoms with Crippen molar-refractivity contribution in [2.75, 3.05) is 6.61 Å². The minimum Gasteiger partial charge on any atom is -0.396 e. The molecule has 4 saturated carbocycles. The van der Waals surface area contributed by atoms with E-state index < -0.39 is 23.0 Å². The summed E-state index contributed by atoms with van der Waals surface area (Å²) in [4.78, 5) is 13.1. The molecule has 24 heavy (non-hydrogen) atoms. The molecule has 4 rings (SSSR count). The van der Waals surface area contributed by atoms with E-state index in [1.54, 1.807) is 0 Å². The number of aliphatic hydroxyl groups is 3. The first-order chi connectivity index (χ1) is 11.2. The zero-order chi connectivity index (χ0) is 17.5. The highest BCUT2D eigenvalue weighted by Crippen LogP contribution is 2.70. The summed E-state index contributed by atoms with van der Waals surface area (Å²) < 4.78 is 0. The molecular formula is C20H30O4. The molecule has 4 fully saturated rings. The van der Waals surface area contributed by atoms with Crippen LogP contribution in [-0.2, 0) is 4.79 Å². The molecule has 4 nitrogen and oxygen atoms in total. The van der Waals surface area contributed by atoms with E-state index in [1.807, 2.05) is 0 Å². The van der Waals surface area contributed by atoms with Crippen molar-refractivity contribution in [3.63, 3.8) is 0 Å². The van der Waals surface area contributed by atoms with E-state index in [0.717, 1.165) is 25.7 Å². The van der Waals surface area contributed by atoms with Gasteiger partial charge in [0.05, 0.1) is 17.6 Å². The molecule has 1 spiro atoms. The van der Waals surface area contributed by atoms with Gasteiger partial charge in [0.15, 0.2) is 5.78 Å². The molecule has 0 aliphatic heterocycles. The van der Waals surface area contributed by atoms with Gasteiger partial charge in [-0.1, -0.05) is 20.4 Å². The third-order valence-electron chi connectivity index (χ3n) is 8.72. The second kappa shape index (κ2) is 4.93. The van der Waals surface area contributed by atoms with Crippen molar-refractivity contribution in [3.8, 4) is 0 Å². The molecule has 3 N–H and O–H groups in total. The summed E-state index contributed by atoms with van der Waals surface area (Å²) in [6.45, 7) is 8.34. The van der Waals surface area contributed by atoms with Gasteiger partial charge in [-0.3, -0.25) is 4.79 Å². The number of hydrogen-bond acceptors (Lipinski definition) is 4. The molecular weight excluding hydrogens is 304 g/mol. The first-order valence-electron chi connectivity index (χ1n) is 9.44. The van der Waals surface area contributed by atoms with Gasteiger partial charge >= 0.3 is 0 Å². The van der Waals surface area contributed by atoms with Crippen LogP contribution in [0.2, 0.25) is 0 Å². The average molecular weight is 334 g/mol. The average Bonchev–Trinajstić information content (AvgIpc) is 2.68. The van der Waals surface area contributed by atoms with Crippen LogP contribution in [0.25, 0.3) is 0 Å². The summed E-state index contributed by atoms with van der Waals surface area (Å²) in [7, 11) is 0.